The molecule has 0 aliphatic rings. The standard InChI is InChI=1S/C22H29N3O4/c1-15(17-9-6-10-18(13-17)28-2)25-21(26)19(23)11-12-20(24)22(27)29-14-16-7-4-3-5-8-16/h3-10,13,15,19-20H,11-12,14,23-24H2,1-2H3,(H,25,26)/t15?,19-,20+/m1/s1. The molecule has 0 spiro atoms. The number of carbonyl (C=O) groups excluding carboxylic acids is 2. The molecule has 0 aromatic heterocycles. The number of carbonyl (C=O) groups is 2. The lowest BCUT2D eigenvalue weighted by molar-refractivity contribution is -0.146. The third kappa shape index (κ3) is 7.21. The van der Waals surface area contributed by atoms with E-state index in [2.05, 4.69) is 5.32 Å². The summed E-state index contributed by atoms with van der Waals surface area (Å²) < 4.78 is 10.4. The van der Waals surface area contributed by atoms with Gasteiger partial charge in [-0.25, -0.2) is 0 Å². The Morgan fingerprint density at radius 1 is 1.00 bits per heavy atom. The summed E-state index contributed by atoms with van der Waals surface area (Å²) in [7, 11) is 1.59. The molecule has 2 rings (SSSR count). The number of amides is 1. The van der Waals surface area contributed by atoms with E-state index in [1.54, 1.807) is 7.11 Å². The zero-order valence-corrected chi connectivity index (χ0v) is 16.8. The number of rotatable bonds is 10. The second-order valence-electron chi connectivity index (χ2n) is 6.89. The van der Waals surface area contributed by atoms with Crippen molar-refractivity contribution in [2.45, 2.75) is 44.5 Å². The van der Waals surface area contributed by atoms with Crippen LogP contribution in [0.1, 0.15) is 36.9 Å². The Balaban J connectivity index is 1.75. The average Bonchev–Trinajstić information content (AvgIpc) is 2.76. The van der Waals surface area contributed by atoms with Gasteiger partial charge in [-0.3, -0.25) is 9.59 Å². The lowest BCUT2D eigenvalue weighted by Crippen LogP contribution is -2.43. The van der Waals surface area contributed by atoms with Gasteiger partial charge in [-0.2, -0.15) is 0 Å². The van der Waals surface area contributed by atoms with Crippen LogP contribution < -0.4 is 21.5 Å². The molecule has 7 nitrogen and oxygen atoms in total. The van der Waals surface area contributed by atoms with E-state index in [1.807, 2.05) is 61.5 Å². The van der Waals surface area contributed by atoms with Gasteiger partial charge in [0, 0.05) is 0 Å². The van der Waals surface area contributed by atoms with Gasteiger partial charge in [0.15, 0.2) is 0 Å². The Hall–Kier alpha value is -2.90. The lowest BCUT2D eigenvalue weighted by atomic mass is 10.0. The third-order valence-corrected chi connectivity index (χ3v) is 4.60. The number of hydrogen-bond acceptors (Lipinski definition) is 6. The molecule has 156 valence electrons. The van der Waals surface area contributed by atoms with E-state index >= 15 is 0 Å². The van der Waals surface area contributed by atoms with Crippen LogP contribution >= 0.6 is 0 Å². The second-order valence-corrected chi connectivity index (χ2v) is 6.89. The number of methoxy groups -OCH3 is 1. The molecule has 0 saturated heterocycles. The van der Waals surface area contributed by atoms with Crippen molar-refractivity contribution in [1.29, 1.82) is 0 Å². The topological polar surface area (TPSA) is 117 Å². The van der Waals surface area contributed by atoms with Gasteiger partial charge < -0.3 is 26.3 Å². The summed E-state index contributed by atoms with van der Waals surface area (Å²) >= 11 is 0. The van der Waals surface area contributed by atoms with E-state index in [0.29, 0.717) is 5.75 Å². The van der Waals surface area contributed by atoms with E-state index in [-0.39, 0.29) is 31.4 Å². The predicted octanol–water partition coefficient (Wildman–Crippen LogP) is 2.05. The molecule has 3 atom stereocenters. The molecule has 0 radical (unpaired) electrons. The van der Waals surface area contributed by atoms with Crippen LogP contribution in [0.5, 0.6) is 5.75 Å². The fraction of sp³-hybridized carbons (Fsp3) is 0.364. The average molecular weight is 399 g/mol. The largest absolute Gasteiger partial charge is 0.497 e. The van der Waals surface area contributed by atoms with E-state index in [0.717, 1.165) is 11.1 Å². The van der Waals surface area contributed by atoms with Gasteiger partial charge in [-0.1, -0.05) is 42.5 Å². The minimum atomic E-state index is -0.826. The van der Waals surface area contributed by atoms with Crippen molar-refractivity contribution in [2.75, 3.05) is 7.11 Å². The van der Waals surface area contributed by atoms with E-state index in [4.69, 9.17) is 20.9 Å². The normalized spacial score (nSPS) is 13.8. The Bertz CT molecular complexity index is 798. The number of nitrogens with one attached hydrogen (secondary N) is 1. The van der Waals surface area contributed by atoms with Crippen LogP contribution in [-0.4, -0.2) is 31.1 Å². The molecule has 1 amide bonds. The molecular weight excluding hydrogens is 370 g/mol. The molecule has 0 aliphatic heterocycles. The number of benzene rings is 2. The predicted molar refractivity (Wildman–Crippen MR) is 111 cm³/mol. The number of nitrogens with two attached hydrogens (primary N) is 2. The molecule has 0 saturated carbocycles. The highest BCUT2D eigenvalue weighted by Gasteiger charge is 2.21. The summed E-state index contributed by atoms with van der Waals surface area (Å²) in [5.41, 5.74) is 13.6. The molecule has 2 aromatic carbocycles. The Morgan fingerprint density at radius 2 is 1.69 bits per heavy atom. The molecule has 0 bridgehead atoms. The van der Waals surface area contributed by atoms with Gasteiger partial charge in [0.2, 0.25) is 5.91 Å². The molecular formula is C22H29N3O4. The summed E-state index contributed by atoms with van der Waals surface area (Å²) in [6.07, 6.45) is 0.536. The van der Waals surface area contributed by atoms with Gasteiger partial charge in [0.1, 0.15) is 18.4 Å². The minimum absolute atomic E-state index is 0.165. The third-order valence-electron chi connectivity index (χ3n) is 4.60. The monoisotopic (exact) mass is 399 g/mol. The summed E-state index contributed by atoms with van der Waals surface area (Å²) in [5.74, 6) is -0.0933. The maximum absolute atomic E-state index is 12.3. The van der Waals surface area contributed by atoms with Crippen molar-refractivity contribution in [3.8, 4) is 5.75 Å². The quantitative estimate of drug-likeness (QED) is 0.527. The molecule has 7 heteroatoms. The van der Waals surface area contributed by atoms with Crippen molar-refractivity contribution in [3.63, 3.8) is 0 Å². The molecule has 29 heavy (non-hydrogen) atoms. The highest BCUT2D eigenvalue weighted by Crippen LogP contribution is 2.19. The Kier molecular flexibility index (Phi) is 8.64. The highest BCUT2D eigenvalue weighted by atomic mass is 16.5. The smallest absolute Gasteiger partial charge is 0.323 e. The first-order valence-electron chi connectivity index (χ1n) is 9.56. The number of ether oxygens (including phenoxy) is 2. The Labute approximate surface area is 171 Å². The molecule has 0 fully saturated rings. The van der Waals surface area contributed by atoms with Crippen molar-refractivity contribution in [2.24, 2.45) is 11.5 Å². The van der Waals surface area contributed by atoms with Gasteiger partial charge in [-0.15, -0.1) is 0 Å². The summed E-state index contributed by atoms with van der Waals surface area (Å²) in [5, 5.41) is 2.87. The summed E-state index contributed by atoms with van der Waals surface area (Å²) in [6, 6.07) is 15.0. The van der Waals surface area contributed by atoms with E-state index in [1.165, 1.54) is 0 Å². The maximum Gasteiger partial charge on any atom is 0.323 e. The van der Waals surface area contributed by atoms with Gasteiger partial charge >= 0.3 is 5.97 Å². The van der Waals surface area contributed by atoms with Crippen LogP contribution in [0.3, 0.4) is 0 Å². The highest BCUT2D eigenvalue weighted by molar-refractivity contribution is 5.82. The number of hydrogen-bond donors (Lipinski definition) is 3. The molecule has 2 aromatic rings. The molecule has 1 unspecified atom stereocenters. The van der Waals surface area contributed by atoms with Crippen LogP contribution in [0.25, 0.3) is 0 Å². The first-order chi connectivity index (χ1) is 13.9. The summed E-state index contributed by atoms with van der Waals surface area (Å²) in [4.78, 5) is 24.4. The van der Waals surface area contributed by atoms with Gasteiger partial charge in [0.05, 0.1) is 19.2 Å². The zero-order valence-electron chi connectivity index (χ0n) is 16.8. The fourth-order valence-corrected chi connectivity index (χ4v) is 2.76. The van der Waals surface area contributed by atoms with Crippen LogP contribution in [0.15, 0.2) is 54.6 Å². The van der Waals surface area contributed by atoms with Crippen molar-refractivity contribution < 1.29 is 19.1 Å². The van der Waals surface area contributed by atoms with Gasteiger partial charge in [0.25, 0.3) is 0 Å². The number of esters is 1. The second kappa shape index (κ2) is 11.2. The first-order valence-corrected chi connectivity index (χ1v) is 9.56. The lowest BCUT2D eigenvalue weighted by Gasteiger charge is -2.19. The minimum Gasteiger partial charge on any atom is -0.497 e. The fourth-order valence-electron chi connectivity index (χ4n) is 2.76. The van der Waals surface area contributed by atoms with Crippen molar-refractivity contribution >= 4 is 11.9 Å². The molecule has 0 heterocycles. The molecule has 5 N–H and O–H groups in total. The van der Waals surface area contributed by atoms with Crippen molar-refractivity contribution in [3.05, 3.63) is 65.7 Å². The van der Waals surface area contributed by atoms with Crippen molar-refractivity contribution in [1.82, 2.24) is 5.32 Å². The first kappa shape index (κ1) is 22.4. The van der Waals surface area contributed by atoms with Crippen LogP contribution in [0.4, 0.5) is 0 Å². The Morgan fingerprint density at radius 3 is 2.38 bits per heavy atom. The SMILES string of the molecule is COc1cccc(C(C)NC(=O)[C@H](N)CC[C@H](N)C(=O)OCc2ccccc2)c1. The van der Waals surface area contributed by atoms with Crippen LogP contribution in [-0.2, 0) is 20.9 Å². The maximum atomic E-state index is 12.3. The van der Waals surface area contributed by atoms with E-state index in [9.17, 15) is 9.59 Å². The molecule has 0 aliphatic carbocycles. The summed E-state index contributed by atoms with van der Waals surface area (Å²) in [6.45, 7) is 2.03. The van der Waals surface area contributed by atoms with Gasteiger partial charge in [-0.05, 0) is 43.0 Å². The van der Waals surface area contributed by atoms with Crippen LogP contribution in [0.2, 0.25) is 0 Å². The van der Waals surface area contributed by atoms with Crippen LogP contribution in [0, 0.1) is 0 Å². The zero-order chi connectivity index (χ0) is 21.2. The van der Waals surface area contributed by atoms with E-state index < -0.39 is 18.1 Å².